The lowest BCUT2D eigenvalue weighted by atomic mass is 10.1. The van der Waals surface area contributed by atoms with Gasteiger partial charge in [0.2, 0.25) is 0 Å². The van der Waals surface area contributed by atoms with E-state index >= 15 is 0 Å². The van der Waals surface area contributed by atoms with Gasteiger partial charge in [-0.3, -0.25) is 9.78 Å². The molecule has 1 aliphatic rings. The lowest BCUT2D eigenvalue weighted by Crippen LogP contribution is -2.41. The number of carbonyl (C=O) groups excluding carboxylic acids is 1. The monoisotopic (exact) mass is 379 g/mol. The Hall–Kier alpha value is -1.61. The molecule has 1 saturated heterocycles. The van der Waals surface area contributed by atoms with Crippen molar-refractivity contribution in [3.05, 3.63) is 50.9 Å². The van der Waals surface area contributed by atoms with Crippen LogP contribution in [-0.4, -0.2) is 23.1 Å². The highest BCUT2D eigenvalue weighted by molar-refractivity contribution is 9.11. The van der Waals surface area contributed by atoms with E-state index in [1.54, 1.807) is 29.9 Å². The molecule has 2 atom stereocenters. The van der Waals surface area contributed by atoms with Crippen LogP contribution in [0.25, 0.3) is 0 Å². The Morgan fingerprint density at radius 2 is 2.18 bits per heavy atom. The topological polar surface area (TPSA) is 78.4 Å². The summed E-state index contributed by atoms with van der Waals surface area (Å²) in [7, 11) is 0. The molecule has 0 spiro atoms. The smallest absolute Gasteiger partial charge is 0.258 e. The van der Waals surface area contributed by atoms with E-state index in [2.05, 4.69) is 48.4 Å². The molecule has 1 aliphatic heterocycles. The minimum Gasteiger partial charge on any atom is -0.271 e. The minimum absolute atomic E-state index is 0.135. The molecule has 2 unspecified atom stereocenters. The third kappa shape index (κ3) is 3.77. The quantitative estimate of drug-likeness (QED) is 0.560. The van der Waals surface area contributed by atoms with E-state index in [9.17, 15) is 4.79 Å². The number of aromatic nitrogens is 1. The number of hydrazone groups is 1. The van der Waals surface area contributed by atoms with Gasteiger partial charge in [-0.15, -0.1) is 11.3 Å². The van der Waals surface area contributed by atoms with Crippen molar-refractivity contribution in [3.8, 4) is 0 Å². The lowest BCUT2D eigenvalue weighted by molar-refractivity contribution is -0.122. The Kier molecular flexibility index (Phi) is 4.94. The molecular formula is C14H14BrN5OS. The molecule has 2 aromatic heterocycles. The van der Waals surface area contributed by atoms with E-state index in [0.29, 0.717) is 6.42 Å². The highest BCUT2D eigenvalue weighted by atomic mass is 79.9. The largest absolute Gasteiger partial charge is 0.271 e. The molecule has 0 bridgehead atoms. The molecule has 3 heterocycles. The summed E-state index contributed by atoms with van der Waals surface area (Å²) >= 11 is 5.11. The molecular weight excluding hydrogens is 366 g/mol. The zero-order valence-corrected chi connectivity index (χ0v) is 13.9. The second-order valence-corrected chi connectivity index (χ2v) is 7.28. The molecule has 6 nitrogen and oxygen atoms in total. The van der Waals surface area contributed by atoms with Crippen LogP contribution >= 0.6 is 27.3 Å². The average Bonchev–Trinajstić information content (AvgIpc) is 3.17. The molecule has 22 heavy (non-hydrogen) atoms. The summed E-state index contributed by atoms with van der Waals surface area (Å²) in [6, 6.07) is 7.52. The predicted octanol–water partition coefficient (Wildman–Crippen LogP) is 1.96. The third-order valence-corrected chi connectivity index (χ3v) is 4.99. The molecule has 0 radical (unpaired) electrons. The molecule has 1 fully saturated rings. The molecule has 0 aliphatic carbocycles. The first-order valence-corrected chi connectivity index (χ1v) is 8.32. The number of thiophene rings is 1. The standard InChI is InChI=1S/C14H14BrN5OS/c15-13-2-1-12(22-13)10-7-11(19-18-10)14(21)20-17-8-9-3-5-16-6-4-9/h1-6,8,10-11,18-19H,7H2,(H,20,21)/b17-8+. The maximum absolute atomic E-state index is 12.1. The fraction of sp³-hybridized carbons (Fsp3) is 0.214. The van der Waals surface area contributed by atoms with Crippen molar-refractivity contribution in [3.63, 3.8) is 0 Å². The molecule has 3 N–H and O–H groups in total. The summed E-state index contributed by atoms with van der Waals surface area (Å²) in [5.41, 5.74) is 9.59. The second-order valence-electron chi connectivity index (χ2n) is 4.79. The van der Waals surface area contributed by atoms with Crippen LogP contribution in [0.15, 0.2) is 45.5 Å². The average molecular weight is 380 g/mol. The van der Waals surface area contributed by atoms with E-state index in [0.717, 1.165) is 9.35 Å². The van der Waals surface area contributed by atoms with Gasteiger partial charge in [-0.1, -0.05) is 0 Å². The van der Waals surface area contributed by atoms with Crippen LogP contribution < -0.4 is 16.3 Å². The summed E-state index contributed by atoms with van der Waals surface area (Å²) in [6.07, 6.45) is 5.63. The molecule has 0 saturated carbocycles. The first-order chi connectivity index (χ1) is 10.7. The van der Waals surface area contributed by atoms with Gasteiger partial charge in [0.05, 0.1) is 16.0 Å². The summed E-state index contributed by atoms with van der Waals surface area (Å²) in [6.45, 7) is 0. The van der Waals surface area contributed by atoms with Gasteiger partial charge < -0.3 is 0 Å². The van der Waals surface area contributed by atoms with Crippen LogP contribution in [0.3, 0.4) is 0 Å². The highest BCUT2D eigenvalue weighted by Crippen LogP contribution is 2.31. The summed E-state index contributed by atoms with van der Waals surface area (Å²) in [4.78, 5) is 17.2. The minimum atomic E-state index is -0.305. The predicted molar refractivity (Wildman–Crippen MR) is 89.4 cm³/mol. The number of carbonyl (C=O) groups is 1. The first kappa shape index (κ1) is 15.3. The van der Waals surface area contributed by atoms with Crippen molar-refractivity contribution in [1.82, 2.24) is 21.3 Å². The molecule has 3 rings (SSSR count). The molecule has 0 aromatic carbocycles. The fourth-order valence-electron chi connectivity index (χ4n) is 2.13. The van der Waals surface area contributed by atoms with Gasteiger partial charge in [0.1, 0.15) is 6.04 Å². The van der Waals surface area contributed by atoms with E-state index in [-0.39, 0.29) is 18.0 Å². The van der Waals surface area contributed by atoms with Crippen LogP contribution in [-0.2, 0) is 4.79 Å². The summed E-state index contributed by atoms with van der Waals surface area (Å²) in [5.74, 6) is -0.157. The van der Waals surface area contributed by atoms with E-state index in [4.69, 9.17) is 0 Å². The Balaban J connectivity index is 1.52. The molecule has 114 valence electrons. The summed E-state index contributed by atoms with van der Waals surface area (Å²) < 4.78 is 1.08. The van der Waals surface area contributed by atoms with Gasteiger partial charge in [0.25, 0.3) is 5.91 Å². The molecule has 2 aromatic rings. The van der Waals surface area contributed by atoms with Gasteiger partial charge in [-0.25, -0.2) is 16.3 Å². The Morgan fingerprint density at radius 3 is 2.91 bits per heavy atom. The van der Waals surface area contributed by atoms with Crippen LogP contribution in [0.2, 0.25) is 0 Å². The van der Waals surface area contributed by atoms with E-state index in [1.165, 1.54) is 4.88 Å². The number of rotatable bonds is 4. The highest BCUT2D eigenvalue weighted by Gasteiger charge is 2.30. The van der Waals surface area contributed by atoms with Crippen LogP contribution in [0, 0.1) is 0 Å². The lowest BCUT2D eigenvalue weighted by Gasteiger charge is -2.06. The SMILES string of the molecule is O=C(N/N=C/c1ccncc1)C1CC(c2ccc(Br)s2)NN1. The van der Waals surface area contributed by atoms with Gasteiger partial charge in [0, 0.05) is 17.3 Å². The van der Waals surface area contributed by atoms with Crippen LogP contribution in [0.5, 0.6) is 0 Å². The van der Waals surface area contributed by atoms with Gasteiger partial charge in [-0.2, -0.15) is 5.10 Å². The Bertz CT molecular complexity index is 675. The Morgan fingerprint density at radius 1 is 1.36 bits per heavy atom. The second kappa shape index (κ2) is 7.10. The summed E-state index contributed by atoms with van der Waals surface area (Å²) in [5, 5.41) is 3.96. The number of hydrogen-bond donors (Lipinski definition) is 3. The fourth-order valence-corrected chi connectivity index (χ4v) is 3.62. The maximum atomic E-state index is 12.1. The van der Waals surface area contributed by atoms with Crippen LogP contribution in [0.4, 0.5) is 0 Å². The van der Waals surface area contributed by atoms with E-state index < -0.39 is 0 Å². The van der Waals surface area contributed by atoms with Crippen molar-refractivity contribution >= 4 is 39.4 Å². The van der Waals surface area contributed by atoms with Crippen molar-refractivity contribution in [1.29, 1.82) is 0 Å². The van der Waals surface area contributed by atoms with Crippen molar-refractivity contribution in [2.75, 3.05) is 0 Å². The Labute approximate surface area is 140 Å². The number of amides is 1. The van der Waals surface area contributed by atoms with Gasteiger partial charge >= 0.3 is 0 Å². The van der Waals surface area contributed by atoms with Crippen molar-refractivity contribution < 1.29 is 4.79 Å². The molecule has 1 amide bonds. The van der Waals surface area contributed by atoms with Crippen molar-refractivity contribution in [2.45, 2.75) is 18.5 Å². The number of hydrogen-bond acceptors (Lipinski definition) is 6. The number of hydrazine groups is 1. The maximum Gasteiger partial charge on any atom is 0.258 e. The number of nitrogens with zero attached hydrogens (tertiary/aromatic N) is 2. The normalized spacial score (nSPS) is 21.3. The molecule has 8 heteroatoms. The van der Waals surface area contributed by atoms with Crippen LogP contribution in [0.1, 0.15) is 22.9 Å². The van der Waals surface area contributed by atoms with Gasteiger partial charge in [0.15, 0.2) is 0 Å². The number of nitrogens with one attached hydrogen (secondary N) is 3. The van der Waals surface area contributed by atoms with E-state index in [1.807, 2.05) is 18.2 Å². The zero-order valence-electron chi connectivity index (χ0n) is 11.5. The zero-order chi connectivity index (χ0) is 15.4. The first-order valence-electron chi connectivity index (χ1n) is 6.71. The number of pyridine rings is 1. The number of halogens is 1. The van der Waals surface area contributed by atoms with Crippen molar-refractivity contribution in [2.24, 2.45) is 5.10 Å². The third-order valence-electron chi connectivity index (χ3n) is 3.25. The van der Waals surface area contributed by atoms with Gasteiger partial charge in [-0.05, 0) is 52.2 Å².